The normalized spacial score (nSPS) is 17.9. The quantitative estimate of drug-likeness (QED) is 0.405. The summed E-state index contributed by atoms with van der Waals surface area (Å²) in [4.78, 5) is 22.8. The van der Waals surface area contributed by atoms with E-state index in [1.807, 2.05) is 27.9 Å². The molecule has 1 heterocycles. The van der Waals surface area contributed by atoms with E-state index in [-0.39, 0.29) is 5.68 Å². The van der Waals surface area contributed by atoms with Gasteiger partial charge >= 0.3 is 0 Å². The molecule has 0 saturated heterocycles. The molecule has 0 unspecified atom stereocenters. The average molecular weight is 272 g/mol. The summed E-state index contributed by atoms with van der Waals surface area (Å²) in [5, 5.41) is 0. The highest BCUT2D eigenvalue weighted by Gasteiger charge is 2.22. The second-order valence-electron chi connectivity index (χ2n) is 5.17. The van der Waals surface area contributed by atoms with Crippen LogP contribution in [0.4, 0.5) is 0 Å². The minimum absolute atomic E-state index is 0.0215. The second-order valence-corrected chi connectivity index (χ2v) is 5.17. The van der Waals surface area contributed by atoms with Crippen LogP contribution in [0.15, 0.2) is 33.5 Å². The van der Waals surface area contributed by atoms with E-state index in [0.29, 0.717) is 12.1 Å². The van der Waals surface area contributed by atoms with Crippen LogP contribution in [0, 0.1) is 0 Å². The zero-order valence-corrected chi connectivity index (χ0v) is 12.9. The molecule has 0 spiro atoms. The number of rotatable bonds is 7. The van der Waals surface area contributed by atoms with Crippen molar-refractivity contribution in [2.24, 2.45) is 9.98 Å². The lowest BCUT2D eigenvalue weighted by Crippen LogP contribution is -2.20. The van der Waals surface area contributed by atoms with E-state index in [9.17, 15) is 4.79 Å². The summed E-state index contributed by atoms with van der Waals surface area (Å²) in [7, 11) is 5.79. The molecule has 4 nitrogen and oxygen atoms in total. The highest BCUT2D eigenvalue weighted by atomic mass is 16.1. The number of carbonyl (C=O) groups excluding carboxylic acids is 1. The Bertz CT molecular complexity index is 476. The average Bonchev–Trinajstić information content (AvgIpc) is 2.76. The number of carbonyl (C=O) groups is 1. The second kappa shape index (κ2) is 7.95. The van der Waals surface area contributed by atoms with Crippen LogP contribution in [0.2, 0.25) is 6.32 Å². The van der Waals surface area contributed by atoms with Gasteiger partial charge in [0.15, 0.2) is 0 Å². The highest BCUT2D eigenvalue weighted by molar-refractivity contribution is 6.89. The molecule has 1 radical (unpaired) electrons. The summed E-state index contributed by atoms with van der Waals surface area (Å²) in [5.74, 6) is 0. The van der Waals surface area contributed by atoms with Crippen LogP contribution in [0.1, 0.15) is 26.7 Å². The summed E-state index contributed by atoms with van der Waals surface area (Å²) < 4.78 is 0. The fraction of sp³-hybridized carbons (Fsp3) is 0.533. The van der Waals surface area contributed by atoms with Gasteiger partial charge in [-0.2, -0.15) is 0 Å². The Morgan fingerprint density at radius 3 is 2.85 bits per heavy atom. The van der Waals surface area contributed by atoms with Gasteiger partial charge in [0.05, 0.1) is 17.1 Å². The summed E-state index contributed by atoms with van der Waals surface area (Å²) in [6.07, 6.45) is 4.02. The molecule has 20 heavy (non-hydrogen) atoms. The zero-order valence-electron chi connectivity index (χ0n) is 12.9. The van der Waals surface area contributed by atoms with Crippen molar-refractivity contribution in [1.29, 1.82) is 0 Å². The fourth-order valence-corrected chi connectivity index (χ4v) is 2.03. The third-order valence-electron chi connectivity index (χ3n) is 3.05. The molecule has 0 aromatic heterocycles. The molecule has 0 amide bonds. The lowest BCUT2D eigenvalue weighted by atomic mass is 9.66. The van der Waals surface area contributed by atoms with Gasteiger partial charge in [-0.25, -0.2) is 4.99 Å². The van der Waals surface area contributed by atoms with Gasteiger partial charge < -0.3 is 9.69 Å². The molecule has 0 fully saturated rings. The zero-order chi connectivity index (χ0) is 15.1. The molecule has 1 aliphatic heterocycles. The van der Waals surface area contributed by atoms with Crippen molar-refractivity contribution in [2.45, 2.75) is 33.0 Å². The van der Waals surface area contributed by atoms with Crippen LogP contribution in [-0.4, -0.2) is 50.4 Å². The Morgan fingerprint density at radius 1 is 1.55 bits per heavy atom. The van der Waals surface area contributed by atoms with E-state index >= 15 is 0 Å². The Hall–Kier alpha value is -1.49. The predicted octanol–water partition coefficient (Wildman–Crippen LogP) is 2.31. The Labute approximate surface area is 122 Å². The molecule has 0 aromatic carbocycles. The number of nitrogens with zero attached hydrogens (tertiary/aromatic N) is 3. The summed E-state index contributed by atoms with van der Waals surface area (Å²) in [6, 6.07) is 0. The molecule has 1 rings (SSSR count). The van der Waals surface area contributed by atoms with Gasteiger partial charge in [-0.1, -0.05) is 12.9 Å². The van der Waals surface area contributed by atoms with E-state index < -0.39 is 0 Å². The highest BCUT2D eigenvalue weighted by Crippen LogP contribution is 2.26. The monoisotopic (exact) mass is 272 g/mol. The Kier molecular flexibility index (Phi) is 6.59. The molecule has 0 aromatic rings. The fourth-order valence-electron chi connectivity index (χ4n) is 2.03. The van der Waals surface area contributed by atoms with E-state index in [1.165, 1.54) is 0 Å². The van der Waals surface area contributed by atoms with Gasteiger partial charge in [-0.05, 0) is 46.5 Å². The number of allylic oxidation sites excluding steroid dienone is 2. The van der Waals surface area contributed by atoms with Crippen molar-refractivity contribution in [3.05, 3.63) is 23.5 Å². The summed E-state index contributed by atoms with van der Waals surface area (Å²) in [6.45, 7) is 8.70. The number of hydrogen-bond donors (Lipinski definition) is 0. The Balaban J connectivity index is 2.60. The standard InChI is InChI=1S/C15H23BN3O/c1-6-17-12(3)14-11(2)10-13(18-14)15(20)16-8-7-9-19(4)5/h6H,2,7-10H2,1,3-5H3/b14-12+,17-6?. The van der Waals surface area contributed by atoms with Crippen molar-refractivity contribution >= 4 is 24.9 Å². The molecule has 0 atom stereocenters. The van der Waals surface area contributed by atoms with Gasteiger partial charge in [0, 0.05) is 12.6 Å². The first kappa shape index (κ1) is 16.6. The smallest absolute Gasteiger partial charge is 0.211 e. The topological polar surface area (TPSA) is 45.0 Å². The SMILES string of the molecule is C=C1CC(C(=O)[B]CCCN(C)C)=N/C1=C(\C)N=CC. The van der Waals surface area contributed by atoms with Gasteiger partial charge in [0.2, 0.25) is 7.28 Å². The first-order chi connectivity index (χ1) is 9.45. The minimum atomic E-state index is 0.0215. The molecule has 107 valence electrons. The largest absolute Gasteiger partial charge is 0.309 e. The van der Waals surface area contributed by atoms with E-state index in [1.54, 1.807) is 13.5 Å². The van der Waals surface area contributed by atoms with Crippen LogP contribution < -0.4 is 0 Å². The third kappa shape index (κ3) is 4.89. The minimum Gasteiger partial charge on any atom is -0.309 e. The van der Waals surface area contributed by atoms with Crippen LogP contribution >= 0.6 is 0 Å². The molecule has 0 aliphatic carbocycles. The van der Waals surface area contributed by atoms with E-state index in [2.05, 4.69) is 21.5 Å². The van der Waals surface area contributed by atoms with Crippen LogP contribution in [0.3, 0.4) is 0 Å². The third-order valence-corrected chi connectivity index (χ3v) is 3.05. The van der Waals surface area contributed by atoms with Gasteiger partial charge in [-0.3, -0.25) is 4.99 Å². The van der Waals surface area contributed by atoms with Crippen molar-refractivity contribution < 1.29 is 4.79 Å². The van der Waals surface area contributed by atoms with Gasteiger partial charge in [0.1, 0.15) is 5.68 Å². The first-order valence-corrected chi connectivity index (χ1v) is 6.93. The summed E-state index contributed by atoms with van der Waals surface area (Å²) in [5.41, 5.74) is 3.05. The van der Waals surface area contributed by atoms with Crippen molar-refractivity contribution in [3.63, 3.8) is 0 Å². The van der Waals surface area contributed by atoms with Crippen LogP contribution in [0.25, 0.3) is 0 Å². The lowest BCUT2D eigenvalue weighted by molar-refractivity contribution is -0.106. The van der Waals surface area contributed by atoms with Crippen molar-refractivity contribution in [1.82, 2.24) is 4.90 Å². The molecular weight excluding hydrogens is 249 g/mol. The molecule has 0 saturated carbocycles. The number of aliphatic imine (C=N–C) groups is 2. The van der Waals surface area contributed by atoms with Gasteiger partial charge in [-0.15, -0.1) is 0 Å². The molecular formula is C15H23BN3O. The summed E-state index contributed by atoms with van der Waals surface area (Å²) >= 11 is 0. The maximum Gasteiger partial charge on any atom is 0.211 e. The molecule has 0 bridgehead atoms. The van der Waals surface area contributed by atoms with Crippen molar-refractivity contribution in [2.75, 3.05) is 20.6 Å². The van der Waals surface area contributed by atoms with Crippen LogP contribution in [-0.2, 0) is 4.79 Å². The van der Waals surface area contributed by atoms with Gasteiger partial charge in [0.25, 0.3) is 0 Å². The lowest BCUT2D eigenvalue weighted by Gasteiger charge is -2.07. The van der Waals surface area contributed by atoms with Crippen LogP contribution in [0.5, 0.6) is 0 Å². The first-order valence-electron chi connectivity index (χ1n) is 6.93. The molecule has 1 aliphatic rings. The maximum absolute atomic E-state index is 12.1. The Morgan fingerprint density at radius 2 is 2.25 bits per heavy atom. The predicted molar refractivity (Wildman–Crippen MR) is 86.8 cm³/mol. The van der Waals surface area contributed by atoms with E-state index in [4.69, 9.17) is 0 Å². The maximum atomic E-state index is 12.1. The molecule has 5 heteroatoms. The van der Waals surface area contributed by atoms with Crippen molar-refractivity contribution in [3.8, 4) is 0 Å². The number of hydrogen-bond acceptors (Lipinski definition) is 4. The molecule has 0 N–H and O–H groups in total. The van der Waals surface area contributed by atoms with E-state index in [0.717, 1.165) is 36.3 Å².